The fourth-order valence-electron chi connectivity index (χ4n) is 3.13. The third kappa shape index (κ3) is 2.04. The van der Waals surface area contributed by atoms with Crippen molar-refractivity contribution in [3.63, 3.8) is 0 Å². The molecule has 0 saturated heterocycles. The minimum absolute atomic E-state index is 0.00604. The minimum atomic E-state index is -1.04. The number of hydrogen-bond acceptors (Lipinski definition) is 3. The minimum Gasteiger partial charge on any atom is -0.478 e. The summed E-state index contributed by atoms with van der Waals surface area (Å²) in [5, 5.41) is 9.45. The highest BCUT2D eigenvalue weighted by molar-refractivity contribution is 6.45. The van der Waals surface area contributed by atoms with E-state index < -0.39 is 12.1 Å². The van der Waals surface area contributed by atoms with E-state index in [-0.39, 0.29) is 34.1 Å². The average Bonchev–Trinajstić information content (AvgIpc) is 2.97. The predicted molar refractivity (Wildman–Crippen MR) is 78.6 cm³/mol. The van der Waals surface area contributed by atoms with Gasteiger partial charge in [0, 0.05) is 23.5 Å². The zero-order valence-corrected chi connectivity index (χ0v) is 13.1. The molecular formula is C15H14Cl2O4. The Kier molecular flexibility index (Phi) is 3.41. The third-order valence-electron chi connectivity index (χ3n) is 4.29. The molecule has 0 spiro atoms. The summed E-state index contributed by atoms with van der Waals surface area (Å²) in [6, 6.07) is 0. The summed E-state index contributed by atoms with van der Waals surface area (Å²) >= 11 is 12.4. The van der Waals surface area contributed by atoms with E-state index in [4.69, 9.17) is 33.0 Å². The Bertz CT molecular complexity index is 666. The van der Waals surface area contributed by atoms with E-state index in [2.05, 4.69) is 0 Å². The molecule has 6 heteroatoms. The van der Waals surface area contributed by atoms with Crippen molar-refractivity contribution in [2.24, 2.45) is 11.8 Å². The molecule has 1 N–H and O–H groups in total. The van der Waals surface area contributed by atoms with Crippen molar-refractivity contribution >= 4 is 35.0 Å². The second-order valence-electron chi connectivity index (χ2n) is 5.86. The van der Waals surface area contributed by atoms with Gasteiger partial charge in [0.2, 0.25) is 0 Å². The molecule has 2 unspecified atom stereocenters. The lowest BCUT2D eigenvalue weighted by Crippen LogP contribution is -2.24. The van der Waals surface area contributed by atoms with E-state index in [1.165, 1.54) is 0 Å². The SMILES string of the molecule is CC(C)C1Cc2c3c(c(Cl)c(Cl)c2C1=O)OC(C(=O)O)C3. The number of hydrogen-bond donors (Lipinski definition) is 1. The van der Waals surface area contributed by atoms with E-state index in [9.17, 15) is 9.59 Å². The normalized spacial score (nSPS) is 23.2. The van der Waals surface area contributed by atoms with Gasteiger partial charge >= 0.3 is 5.97 Å². The Morgan fingerprint density at radius 1 is 1.24 bits per heavy atom. The predicted octanol–water partition coefficient (Wildman–Crippen LogP) is 3.39. The number of benzene rings is 1. The van der Waals surface area contributed by atoms with Gasteiger partial charge in [0.1, 0.15) is 10.8 Å². The highest BCUT2D eigenvalue weighted by Crippen LogP contribution is 2.49. The van der Waals surface area contributed by atoms with Gasteiger partial charge < -0.3 is 9.84 Å². The Morgan fingerprint density at radius 3 is 2.48 bits per heavy atom. The molecule has 1 aliphatic carbocycles. The third-order valence-corrected chi connectivity index (χ3v) is 5.12. The lowest BCUT2D eigenvalue weighted by molar-refractivity contribution is -0.144. The van der Waals surface area contributed by atoms with E-state index in [1.54, 1.807) is 0 Å². The zero-order chi connectivity index (χ0) is 15.5. The molecule has 0 fully saturated rings. The number of fused-ring (bicyclic) bond motifs is 3. The molecule has 21 heavy (non-hydrogen) atoms. The first-order valence-electron chi connectivity index (χ1n) is 6.79. The van der Waals surface area contributed by atoms with Gasteiger partial charge in [-0.05, 0) is 17.9 Å². The van der Waals surface area contributed by atoms with Crippen LogP contribution < -0.4 is 4.74 Å². The second kappa shape index (κ2) is 4.89. The smallest absolute Gasteiger partial charge is 0.345 e. The van der Waals surface area contributed by atoms with Gasteiger partial charge in [-0.3, -0.25) is 4.79 Å². The topological polar surface area (TPSA) is 63.6 Å². The number of carbonyl (C=O) groups excluding carboxylic acids is 1. The average molecular weight is 329 g/mol. The first-order valence-corrected chi connectivity index (χ1v) is 7.54. The Morgan fingerprint density at radius 2 is 1.90 bits per heavy atom. The zero-order valence-electron chi connectivity index (χ0n) is 11.6. The van der Waals surface area contributed by atoms with Gasteiger partial charge in [-0.25, -0.2) is 4.79 Å². The van der Waals surface area contributed by atoms with Gasteiger partial charge in [0.15, 0.2) is 11.9 Å². The van der Waals surface area contributed by atoms with Crippen LogP contribution in [0.1, 0.15) is 35.3 Å². The van der Waals surface area contributed by atoms with Crippen molar-refractivity contribution in [3.05, 3.63) is 26.7 Å². The van der Waals surface area contributed by atoms with Gasteiger partial charge in [0.05, 0.1) is 5.02 Å². The monoisotopic (exact) mass is 328 g/mol. The van der Waals surface area contributed by atoms with E-state index in [0.29, 0.717) is 17.7 Å². The van der Waals surface area contributed by atoms with Crippen molar-refractivity contribution in [3.8, 4) is 5.75 Å². The van der Waals surface area contributed by atoms with Gasteiger partial charge in [0.25, 0.3) is 0 Å². The number of aliphatic carboxylic acids is 1. The molecule has 0 amide bonds. The fraction of sp³-hybridized carbons (Fsp3) is 0.467. The molecule has 4 nitrogen and oxygen atoms in total. The van der Waals surface area contributed by atoms with E-state index >= 15 is 0 Å². The van der Waals surface area contributed by atoms with Crippen LogP contribution in [0, 0.1) is 11.8 Å². The van der Waals surface area contributed by atoms with Gasteiger partial charge in [-0.15, -0.1) is 0 Å². The van der Waals surface area contributed by atoms with Crippen LogP contribution in [0.2, 0.25) is 10.0 Å². The number of carbonyl (C=O) groups is 2. The van der Waals surface area contributed by atoms with Crippen molar-refractivity contribution in [2.45, 2.75) is 32.8 Å². The van der Waals surface area contributed by atoms with Crippen LogP contribution >= 0.6 is 23.2 Å². The summed E-state index contributed by atoms with van der Waals surface area (Å²) in [5.74, 6) is -0.674. The highest BCUT2D eigenvalue weighted by Gasteiger charge is 2.42. The quantitative estimate of drug-likeness (QED) is 0.903. The summed E-state index contributed by atoms with van der Waals surface area (Å²) in [5.41, 5.74) is 1.99. The van der Waals surface area contributed by atoms with Crippen molar-refractivity contribution < 1.29 is 19.4 Å². The molecule has 1 aromatic rings. The molecule has 1 aromatic carbocycles. The van der Waals surface area contributed by atoms with Crippen LogP contribution in [-0.4, -0.2) is 23.0 Å². The maximum Gasteiger partial charge on any atom is 0.345 e. The summed E-state index contributed by atoms with van der Waals surface area (Å²) < 4.78 is 5.41. The first kappa shape index (κ1) is 14.7. The molecule has 2 aliphatic rings. The lowest BCUT2D eigenvalue weighted by Gasteiger charge is -2.11. The molecule has 1 heterocycles. The van der Waals surface area contributed by atoms with E-state index in [1.807, 2.05) is 13.8 Å². The van der Waals surface area contributed by atoms with Crippen LogP contribution in [0.25, 0.3) is 0 Å². The fourth-order valence-corrected chi connectivity index (χ4v) is 3.67. The second-order valence-corrected chi connectivity index (χ2v) is 6.61. The number of carboxylic acids is 1. The van der Waals surface area contributed by atoms with Crippen LogP contribution in [0.4, 0.5) is 0 Å². The lowest BCUT2D eigenvalue weighted by atomic mass is 9.92. The van der Waals surface area contributed by atoms with E-state index in [0.717, 1.165) is 11.1 Å². The van der Waals surface area contributed by atoms with Crippen LogP contribution in [0.15, 0.2) is 0 Å². The van der Waals surface area contributed by atoms with Crippen molar-refractivity contribution in [1.82, 2.24) is 0 Å². The molecule has 3 rings (SSSR count). The molecular weight excluding hydrogens is 315 g/mol. The number of carboxylic acid groups (broad SMARTS) is 1. The van der Waals surface area contributed by atoms with Crippen molar-refractivity contribution in [1.29, 1.82) is 0 Å². The Hall–Kier alpha value is -1.26. The largest absolute Gasteiger partial charge is 0.478 e. The van der Waals surface area contributed by atoms with Crippen LogP contribution in [0.3, 0.4) is 0 Å². The van der Waals surface area contributed by atoms with Crippen LogP contribution in [0.5, 0.6) is 5.75 Å². The summed E-state index contributed by atoms with van der Waals surface area (Å²) in [7, 11) is 0. The molecule has 2 atom stereocenters. The highest BCUT2D eigenvalue weighted by atomic mass is 35.5. The number of ketones is 1. The Balaban J connectivity index is 2.16. The van der Waals surface area contributed by atoms with Gasteiger partial charge in [-0.2, -0.15) is 0 Å². The molecule has 1 aliphatic heterocycles. The number of halogens is 2. The molecule has 112 valence electrons. The van der Waals surface area contributed by atoms with Gasteiger partial charge in [-0.1, -0.05) is 37.0 Å². The van der Waals surface area contributed by atoms with Crippen molar-refractivity contribution in [2.75, 3.05) is 0 Å². The van der Waals surface area contributed by atoms with Crippen LogP contribution in [-0.2, 0) is 17.6 Å². The molecule has 0 aromatic heterocycles. The maximum absolute atomic E-state index is 12.5. The molecule has 0 saturated carbocycles. The number of ether oxygens (including phenoxy) is 1. The summed E-state index contributed by atoms with van der Waals surface area (Å²) in [4.78, 5) is 23.7. The maximum atomic E-state index is 12.5. The summed E-state index contributed by atoms with van der Waals surface area (Å²) in [6.07, 6.45) is -0.170. The molecule has 0 bridgehead atoms. The molecule has 0 radical (unpaired) electrons. The standard InChI is InChI=1S/C15H14Cl2O4/c1-5(2)6-3-7-8-4-9(15(19)20)21-14(8)12(17)11(16)10(7)13(6)18/h5-6,9H,3-4H2,1-2H3,(H,19,20). The Labute approximate surface area is 132 Å². The first-order chi connectivity index (χ1) is 9.82. The summed E-state index contributed by atoms with van der Waals surface area (Å²) in [6.45, 7) is 3.97. The number of rotatable bonds is 2. The number of Topliss-reactive ketones (excluding diaryl/α,β-unsaturated/α-hetero) is 1.